The van der Waals surface area contributed by atoms with Gasteiger partial charge in [-0.3, -0.25) is 4.21 Å². The van der Waals surface area contributed by atoms with Gasteiger partial charge < -0.3 is 15.3 Å². The van der Waals surface area contributed by atoms with Crippen molar-refractivity contribution in [3.05, 3.63) is 24.0 Å². The molecule has 7 heteroatoms. The van der Waals surface area contributed by atoms with Gasteiger partial charge in [-0.25, -0.2) is 9.18 Å². The molecule has 1 saturated carbocycles. The van der Waals surface area contributed by atoms with E-state index in [-0.39, 0.29) is 22.9 Å². The number of anilines is 1. The van der Waals surface area contributed by atoms with Gasteiger partial charge in [-0.05, 0) is 31.0 Å². The van der Waals surface area contributed by atoms with Crippen LogP contribution in [0.5, 0.6) is 0 Å². The number of aliphatic hydroxyl groups is 1. The summed E-state index contributed by atoms with van der Waals surface area (Å²) >= 11 is 0. The summed E-state index contributed by atoms with van der Waals surface area (Å²) in [4.78, 5) is 13.8. The molecule has 1 fully saturated rings. The summed E-state index contributed by atoms with van der Waals surface area (Å²) in [6, 6.07) is 3.75. The first-order valence-electron chi connectivity index (χ1n) is 7.71. The van der Waals surface area contributed by atoms with Crippen molar-refractivity contribution in [2.45, 2.75) is 36.7 Å². The lowest BCUT2D eigenvalue weighted by Gasteiger charge is -2.31. The predicted octanol–water partition coefficient (Wildman–Crippen LogP) is 2.58. The van der Waals surface area contributed by atoms with Crippen molar-refractivity contribution in [3.63, 3.8) is 0 Å². The lowest BCUT2D eigenvalue weighted by molar-refractivity contribution is 0.0575. The summed E-state index contributed by atoms with van der Waals surface area (Å²) in [5.74, 6) is -0.518. The van der Waals surface area contributed by atoms with E-state index < -0.39 is 16.6 Å². The zero-order chi connectivity index (χ0) is 17.0. The van der Waals surface area contributed by atoms with Crippen LogP contribution in [0.1, 0.15) is 25.7 Å². The van der Waals surface area contributed by atoms with Gasteiger partial charge in [0.25, 0.3) is 0 Å². The SMILES string of the molecule is CN(CC1CCCCC1O)C(=O)Nc1ccc(S(C)=O)c(F)c1. The van der Waals surface area contributed by atoms with E-state index in [2.05, 4.69) is 5.32 Å². The summed E-state index contributed by atoms with van der Waals surface area (Å²) in [5.41, 5.74) is 0.317. The molecule has 0 radical (unpaired) electrons. The number of halogens is 1. The predicted molar refractivity (Wildman–Crippen MR) is 88.3 cm³/mol. The van der Waals surface area contributed by atoms with E-state index in [9.17, 15) is 18.5 Å². The largest absolute Gasteiger partial charge is 0.393 e. The maximum absolute atomic E-state index is 13.8. The van der Waals surface area contributed by atoms with Gasteiger partial charge in [-0.2, -0.15) is 0 Å². The first-order chi connectivity index (χ1) is 10.9. The molecule has 1 aliphatic carbocycles. The molecule has 2 N–H and O–H groups in total. The van der Waals surface area contributed by atoms with E-state index in [4.69, 9.17) is 0 Å². The molecule has 3 atom stereocenters. The Morgan fingerprint density at radius 1 is 1.43 bits per heavy atom. The van der Waals surface area contributed by atoms with E-state index >= 15 is 0 Å². The number of rotatable bonds is 4. The second-order valence-electron chi connectivity index (χ2n) is 6.02. The van der Waals surface area contributed by atoms with Crippen molar-refractivity contribution in [3.8, 4) is 0 Å². The second-order valence-corrected chi connectivity index (χ2v) is 7.37. The fourth-order valence-corrected chi connectivity index (χ4v) is 3.46. The minimum atomic E-state index is -1.41. The molecular weight excluding hydrogens is 319 g/mol. The van der Waals surface area contributed by atoms with Crippen molar-refractivity contribution >= 4 is 22.5 Å². The van der Waals surface area contributed by atoms with Crippen LogP contribution in [0, 0.1) is 11.7 Å². The monoisotopic (exact) mass is 342 g/mol. The first kappa shape index (κ1) is 17.9. The Labute approximate surface area is 138 Å². The van der Waals surface area contributed by atoms with Gasteiger partial charge in [0, 0.05) is 31.5 Å². The first-order valence-corrected chi connectivity index (χ1v) is 9.27. The van der Waals surface area contributed by atoms with Gasteiger partial charge in [-0.15, -0.1) is 0 Å². The number of benzene rings is 1. The molecule has 5 nitrogen and oxygen atoms in total. The number of urea groups is 1. The number of nitrogens with zero attached hydrogens (tertiary/aromatic N) is 1. The molecule has 0 bridgehead atoms. The molecule has 1 aromatic carbocycles. The van der Waals surface area contributed by atoms with Crippen LogP contribution in [0.2, 0.25) is 0 Å². The van der Waals surface area contributed by atoms with Gasteiger partial charge in [0.1, 0.15) is 5.82 Å². The third-order valence-corrected chi connectivity index (χ3v) is 5.17. The number of carbonyl (C=O) groups excluding carboxylic acids is 1. The average Bonchev–Trinajstić information content (AvgIpc) is 2.49. The Hall–Kier alpha value is -1.47. The molecule has 2 amide bonds. The molecule has 0 aromatic heterocycles. The number of hydrogen-bond acceptors (Lipinski definition) is 3. The van der Waals surface area contributed by atoms with E-state index in [0.717, 1.165) is 31.7 Å². The van der Waals surface area contributed by atoms with Crippen LogP contribution in [-0.2, 0) is 10.8 Å². The average molecular weight is 342 g/mol. The molecule has 1 aliphatic rings. The molecular formula is C16H23FN2O3S. The third-order valence-electron chi connectivity index (χ3n) is 4.22. The van der Waals surface area contributed by atoms with Crippen molar-refractivity contribution < 1.29 is 18.5 Å². The van der Waals surface area contributed by atoms with Crippen LogP contribution < -0.4 is 5.32 Å². The highest BCUT2D eigenvalue weighted by Crippen LogP contribution is 2.25. The lowest BCUT2D eigenvalue weighted by Crippen LogP contribution is -2.40. The van der Waals surface area contributed by atoms with Crippen LogP contribution in [0.15, 0.2) is 23.1 Å². The highest BCUT2D eigenvalue weighted by atomic mass is 32.2. The van der Waals surface area contributed by atoms with Gasteiger partial charge in [0.15, 0.2) is 0 Å². The molecule has 2 rings (SSSR count). The van der Waals surface area contributed by atoms with E-state index in [0.29, 0.717) is 12.2 Å². The van der Waals surface area contributed by atoms with E-state index in [1.54, 1.807) is 7.05 Å². The van der Waals surface area contributed by atoms with Crippen LogP contribution in [0.25, 0.3) is 0 Å². The lowest BCUT2D eigenvalue weighted by atomic mass is 9.86. The summed E-state index contributed by atoms with van der Waals surface area (Å²) in [7, 11) is 0.250. The third kappa shape index (κ3) is 4.75. The quantitative estimate of drug-likeness (QED) is 0.883. The normalized spacial score (nSPS) is 22.4. The highest BCUT2D eigenvalue weighted by Gasteiger charge is 2.25. The zero-order valence-corrected chi connectivity index (χ0v) is 14.2. The van der Waals surface area contributed by atoms with E-state index in [1.807, 2.05) is 0 Å². The number of amides is 2. The summed E-state index contributed by atoms with van der Waals surface area (Å²) < 4.78 is 25.1. The molecule has 0 aliphatic heterocycles. The topological polar surface area (TPSA) is 69.6 Å². The van der Waals surface area contributed by atoms with Crippen LogP contribution in [0.4, 0.5) is 14.9 Å². The number of hydrogen-bond donors (Lipinski definition) is 2. The minimum Gasteiger partial charge on any atom is -0.393 e. The molecule has 23 heavy (non-hydrogen) atoms. The maximum Gasteiger partial charge on any atom is 0.321 e. The summed E-state index contributed by atoms with van der Waals surface area (Å²) in [5, 5.41) is 12.6. The van der Waals surface area contributed by atoms with Gasteiger partial charge >= 0.3 is 6.03 Å². The number of carbonyl (C=O) groups is 1. The Balaban J connectivity index is 1.95. The molecule has 128 valence electrons. The van der Waals surface area contributed by atoms with Crippen molar-refractivity contribution in [1.29, 1.82) is 0 Å². The van der Waals surface area contributed by atoms with Crippen LogP contribution in [0.3, 0.4) is 0 Å². The van der Waals surface area contributed by atoms with Gasteiger partial charge in [0.2, 0.25) is 0 Å². The van der Waals surface area contributed by atoms with Gasteiger partial charge in [0.05, 0.1) is 21.8 Å². The molecule has 3 unspecified atom stereocenters. The highest BCUT2D eigenvalue weighted by molar-refractivity contribution is 7.84. The Bertz CT molecular complexity index is 597. The second kappa shape index (κ2) is 7.88. The number of aliphatic hydroxyl groups excluding tert-OH is 1. The van der Waals surface area contributed by atoms with Crippen molar-refractivity contribution in [1.82, 2.24) is 4.90 Å². The van der Waals surface area contributed by atoms with Crippen molar-refractivity contribution in [2.75, 3.05) is 25.2 Å². The van der Waals surface area contributed by atoms with Crippen molar-refractivity contribution in [2.24, 2.45) is 5.92 Å². The smallest absolute Gasteiger partial charge is 0.321 e. The Morgan fingerprint density at radius 3 is 2.74 bits per heavy atom. The fraction of sp³-hybridized carbons (Fsp3) is 0.562. The standard InChI is InChI=1S/C16H23FN2O3S/c1-19(10-11-5-3-4-6-14(11)20)16(21)18-12-7-8-15(23(2)22)13(17)9-12/h7-9,11,14,20H,3-6,10H2,1-2H3,(H,18,21). The van der Waals surface area contributed by atoms with E-state index in [1.165, 1.54) is 23.3 Å². The molecule has 0 spiro atoms. The maximum atomic E-state index is 13.8. The van der Waals surface area contributed by atoms with Crippen LogP contribution in [-0.4, -0.2) is 46.2 Å². The van der Waals surface area contributed by atoms with Gasteiger partial charge in [-0.1, -0.05) is 12.8 Å². The fourth-order valence-electron chi connectivity index (χ4n) is 2.87. The zero-order valence-electron chi connectivity index (χ0n) is 13.4. The number of nitrogens with one attached hydrogen (secondary N) is 1. The minimum absolute atomic E-state index is 0.0844. The van der Waals surface area contributed by atoms with Crippen LogP contribution >= 0.6 is 0 Å². The molecule has 0 heterocycles. The summed E-state index contributed by atoms with van der Waals surface area (Å²) in [6.45, 7) is 0.465. The Kier molecular flexibility index (Phi) is 6.12. The molecule has 0 saturated heterocycles. The molecule has 1 aromatic rings. The summed E-state index contributed by atoms with van der Waals surface area (Å²) in [6.07, 6.45) is 4.82. The Morgan fingerprint density at radius 2 is 2.13 bits per heavy atom.